The van der Waals surface area contributed by atoms with Crippen LogP contribution in [0.15, 0.2) is 81.6 Å². The maximum atomic E-state index is 13.2. The van der Waals surface area contributed by atoms with Gasteiger partial charge >= 0.3 is 0 Å². The van der Waals surface area contributed by atoms with Crippen LogP contribution in [0, 0.1) is 0 Å². The molecule has 0 bridgehead atoms. The molecule has 0 N–H and O–H groups in total. The van der Waals surface area contributed by atoms with Crippen molar-refractivity contribution in [2.75, 3.05) is 7.11 Å². The highest BCUT2D eigenvalue weighted by Gasteiger charge is 2.14. The minimum absolute atomic E-state index is 0.226. The van der Waals surface area contributed by atoms with E-state index < -0.39 is 0 Å². The predicted octanol–water partition coefficient (Wildman–Crippen LogP) is 6.57. The van der Waals surface area contributed by atoms with E-state index in [-0.39, 0.29) is 5.56 Å². The number of fused-ring (bicyclic) bond motifs is 1. The molecule has 0 saturated heterocycles. The molecule has 1 heterocycles. The summed E-state index contributed by atoms with van der Waals surface area (Å²) in [4.78, 5) is 17.8. The Labute approximate surface area is 223 Å². The van der Waals surface area contributed by atoms with Gasteiger partial charge < -0.3 is 9.47 Å². The first-order valence-electron chi connectivity index (χ1n) is 11.4. The number of rotatable bonds is 9. The largest absolute Gasteiger partial charge is 0.493 e. The second-order valence-electron chi connectivity index (χ2n) is 8.02. The van der Waals surface area contributed by atoms with Crippen LogP contribution in [0.2, 0.25) is 5.02 Å². The number of benzene rings is 3. The number of aryl methyl sites for hydroxylation is 1. The van der Waals surface area contributed by atoms with Crippen LogP contribution in [0.25, 0.3) is 10.9 Å². The van der Waals surface area contributed by atoms with Gasteiger partial charge in [-0.3, -0.25) is 4.79 Å². The van der Waals surface area contributed by atoms with Crippen LogP contribution < -0.4 is 15.0 Å². The Hall–Kier alpha value is -3.42. The van der Waals surface area contributed by atoms with Crippen LogP contribution in [-0.4, -0.2) is 23.0 Å². The molecule has 8 heteroatoms. The van der Waals surface area contributed by atoms with E-state index in [0.717, 1.165) is 21.2 Å². The summed E-state index contributed by atoms with van der Waals surface area (Å²) in [6, 6.07) is 16.7. The molecule has 184 valence electrons. The first kappa shape index (κ1) is 25.7. The van der Waals surface area contributed by atoms with Crippen LogP contribution >= 0.6 is 27.5 Å². The maximum Gasteiger partial charge on any atom is 0.282 e. The van der Waals surface area contributed by atoms with Crippen LogP contribution in [0.3, 0.4) is 0 Å². The lowest BCUT2D eigenvalue weighted by atomic mass is 10.1. The molecule has 0 unspecified atom stereocenters. The van der Waals surface area contributed by atoms with Crippen molar-refractivity contribution < 1.29 is 9.47 Å². The minimum atomic E-state index is -0.226. The molecule has 0 atom stereocenters. The highest BCUT2D eigenvalue weighted by molar-refractivity contribution is 9.10. The summed E-state index contributed by atoms with van der Waals surface area (Å²) in [6.45, 7) is 6.17. The Morgan fingerprint density at radius 3 is 2.64 bits per heavy atom. The van der Waals surface area contributed by atoms with Gasteiger partial charge in [0.15, 0.2) is 11.5 Å². The van der Waals surface area contributed by atoms with Crippen molar-refractivity contribution in [2.45, 2.75) is 26.4 Å². The second-order valence-corrected chi connectivity index (χ2v) is 9.38. The van der Waals surface area contributed by atoms with Gasteiger partial charge in [0.05, 0.1) is 24.2 Å². The van der Waals surface area contributed by atoms with Crippen LogP contribution in [-0.2, 0) is 19.4 Å². The molecule has 1 aromatic heterocycles. The fourth-order valence-corrected chi connectivity index (χ4v) is 4.27. The number of allylic oxidation sites excluding steroid dienone is 1. The lowest BCUT2D eigenvalue weighted by Crippen LogP contribution is -2.22. The van der Waals surface area contributed by atoms with Crippen molar-refractivity contribution in [3.8, 4) is 11.5 Å². The summed E-state index contributed by atoms with van der Waals surface area (Å²) in [6.07, 6.45) is 4.56. The molecule has 0 aliphatic rings. The molecule has 0 aliphatic heterocycles. The molecule has 0 radical (unpaired) electrons. The smallest absolute Gasteiger partial charge is 0.282 e. The average Bonchev–Trinajstić information content (AvgIpc) is 2.88. The molecule has 6 nitrogen and oxygen atoms in total. The Bertz CT molecular complexity index is 1500. The molecule has 0 amide bonds. The van der Waals surface area contributed by atoms with E-state index in [1.807, 2.05) is 55.5 Å². The van der Waals surface area contributed by atoms with Crippen LogP contribution in [0.1, 0.15) is 29.4 Å². The minimum Gasteiger partial charge on any atom is -0.493 e. The van der Waals surface area contributed by atoms with Crippen molar-refractivity contribution in [1.82, 2.24) is 9.66 Å². The van der Waals surface area contributed by atoms with Crippen molar-refractivity contribution >= 4 is 44.6 Å². The van der Waals surface area contributed by atoms with E-state index in [1.165, 1.54) is 4.68 Å². The number of halogens is 2. The van der Waals surface area contributed by atoms with Gasteiger partial charge in [-0.1, -0.05) is 52.7 Å². The van der Waals surface area contributed by atoms with Gasteiger partial charge in [-0.05, 0) is 60.0 Å². The Morgan fingerprint density at radius 2 is 1.94 bits per heavy atom. The SMILES string of the molecule is C=CCc1cc(C=Nn2c(CC)nc3ccc(Br)cc3c2=O)cc(OC)c1OCc1ccc(Cl)cc1. The summed E-state index contributed by atoms with van der Waals surface area (Å²) in [5, 5.41) is 5.67. The molecular formula is C28H25BrClN3O3. The molecule has 0 aliphatic carbocycles. The lowest BCUT2D eigenvalue weighted by molar-refractivity contribution is 0.282. The summed E-state index contributed by atoms with van der Waals surface area (Å²) in [7, 11) is 1.59. The van der Waals surface area contributed by atoms with E-state index in [4.69, 9.17) is 21.1 Å². The van der Waals surface area contributed by atoms with Gasteiger partial charge in [0.1, 0.15) is 12.4 Å². The zero-order valence-corrected chi connectivity index (χ0v) is 22.3. The third kappa shape index (κ3) is 5.69. The van der Waals surface area contributed by atoms with Gasteiger partial charge in [0.25, 0.3) is 5.56 Å². The van der Waals surface area contributed by atoms with Crippen molar-refractivity contribution in [3.63, 3.8) is 0 Å². The van der Waals surface area contributed by atoms with Gasteiger partial charge in [-0.2, -0.15) is 9.78 Å². The van der Waals surface area contributed by atoms with Crippen LogP contribution in [0.5, 0.6) is 11.5 Å². The monoisotopic (exact) mass is 565 g/mol. The highest BCUT2D eigenvalue weighted by Crippen LogP contribution is 2.34. The second kappa shape index (κ2) is 11.5. The number of ether oxygens (including phenoxy) is 2. The first-order valence-corrected chi connectivity index (χ1v) is 12.5. The molecule has 4 rings (SSSR count). The average molecular weight is 567 g/mol. The third-order valence-electron chi connectivity index (χ3n) is 5.55. The molecule has 0 spiro atoms. The van der Waals surface area contributed by atoms with Crippen molar-refractivity contribution in [3.05, 3.63) is 110 Å². The Kier molecular flexibility index (Phi) is 8.23. The van der Waals surface area contributed by atoms with Crippen molar-refractivity contribution in [2.24, 2.45) is 5.10 Å². The number of hydrogen-bond acceptors (Lipinski definition) is 5. The fourth-order valence-electron chi connectivity index (χ4n) is 3.78. The number of nitrogens with zero attached hydrogens (tertiary/aromatic N) is 3. The summed E-state index contributed by atoms with van der Waals surface area (Å²) in [5.74, 6) is 1.77. The normalized spacial score (nSPS) is 11.2. The topological polar surface area (TPSA) is 65.7 Å². The van der Waals surface area contributed by atoms with E-state index in [9.17, 15) is 4.79 Å². The summed E-state index contributed by atoms with van der Waals surface area (Å²) >= 11 is 9.41. The van der Waals surface area contributed by atoms with Gasteiger partial charge in [-0.25, -0.2) is 4.98 Å². The first-order chi connectivity index (χ1) is 17.4. The fraction of sp³-hybridized carbons (Fsp3) is 0.179. The predicted molar refractivity (Wildman–Crippen MR) is 149 cm³/mol. The Morgan fingerprint density at radius 1 is 1.17 bits per heavy atom. The van der Waals surface area contributed by atoms with E-state index in [1.54, 1.807) is 25.5 Å². The zero-order valence-electron chi connectivity index (χ0n) is 20.0. The molecule has 0 saturated carbocycles. The zero-order chi connectivity index (χ0) is 25.7. The third-order valence-corrected chi connectivity index (χ3v) is 6.29. The van der Waals surface area contributed by atoms with Gasteiger partial charge in [0, 0.05) is 21.5 Å². The van der Waals surface area contributed by atoms with E-state index in [2.05, 4.69) is 32.6 Å². The molecule has 36 heavy (non-hydrogen) atoms. The number of aromatic nitrogens is 2. The van der Waals surface area contributed by atoms with Gasteiger partial charge in [-0.15, -0.1) is 6.58 Å². The van der Waals surface area contributed by atoms with Crippen molar-refractivity contribution in [1.29, 1.82) is 0 Å². The number of methoxy groups -OCH3 is 1. The lowest BCUT2D eigenvalue weighted by Gasteiger charge is -2.16. The van der Waals surface area contributed by atoms with E-state index in [0.29, 0.717) is 52.7 Å². The standard InChI is InChI=1S/C28H25BrClN3O3/c1-4-6-20-13-19(14-25(35-3)27(20)36-17-18-7-10-22(30)11-8-18)16-31-33-26(5-2)32-24-12-9-21(29)15-23(24)28(33)34/h4,7-16H,1,5-6,17H2,2-3H3. The molecule has 4 aromatic rings. The molecule has 3 aromatic carbocycles. The summed E-state index contributed by atoms with van der Waals surface area (Å²) < 4.78 is 13.9. The van der Waals surface area contributed by atoms with Crippen LogP contribution in [0.4, 0.5) is 0 Å². The quantitative estimate of drug-likeness (QED) is 0.170. The van der Waals surface area contributed by atoms with E-state index >= 15 is 0 Å². The highest BCUT2D eigenvalue weighted by atomic mass is 79.9. The molecule has 0 fully saturated rings. The Balaban J connectivity index is 1.71. The molecular weight excluding hydrogens is 542 g/mol. The number of hydrogen-bond donors (Lipinski definition) is 0. The summed E-state index contributed by atoms with van der Waals surface area (Å²) in [5.41, 5.74) is 3.05. The van der Waals surface area contributed by atoms with Gasteiger partial charge in [0.2, 0.25) is 0 Å². The maximum absolute atomic E-state index is 13.2.